The van der Waals surface area contributed by atoms with Crippen LogP contribution in [0, 0.1) is 0 Å². The van der Waals surface area contributed by atoms with Gasteiger partial charge in [0.15, 0.2) is 12.3 Å². The van der Waals surface area contributed by atoms with Crippen molar-refractivity contribution < 1.29 is 19.6 Å². The number of hydrogen-bond donors (Lipinski definition) is 2. The van der Waals surface area contributed by atoms with Crippen LogP contribution >= 0.6 is 0 Å². The molecule has 22 heavy (non-hydrogen) atoms. The maximum Gasteiger partial charge on any atom is 0.268 e. The molecule has 1 saturated heterocycles. The molecule has 0 aromatic heterocycles. The van der Waals surface area contributed by atoms with Gasteiger partial charge in [-0.2, -0.15) is 0 Å². The number of rotatable bonds is 4. The molecule has 118 valence electrons. The first-order valence-electron chi connectivity index (χ1n) is 7.99. The van der Waals surface area contributed by atoms with E-state index in [1.165, 1.54) is 31.1 Å². The zero-order chi connectivity index (χ0) is 15.7. The van der Waals surface area contributed by atoms with Crippen LogP contribution in [0.15, 0.2) is 24.3 Å². The monoisotopic (exact) mass is 303 g/mol. The summed E-state index contributed by atoms with van der Waals surface area (Å²) < 4.78 is 0. The highest BCUT2D eigenvalue weighted by atomic mass is 16.3. The van der Waals surface area contributed by atoms with Crippen LogP contribution in [0.1, 0.15) is 38.2 Å². The van der Waals surface area contributed by atoms with Crippen LogP contribution in [0.4, 0.5) is 5.69 Å². The highest BCUT2D eigenvalue weighted by Gasteiger charge is 2.51. The molecule has 5 heteroatoms. The molecule has 5 nitrogen and oxygen atoms in total. The van der Waals surface area contributed by atoms with Gasteiger partial charge in [-0.05, 0) is 32.3 Å². The Morgan fingerprint density at radius 2 is 1.95 bits per heavy atom. The lowest BCUT2D eigenvalue weighted by atomic mass is 9.90. The maximum absolute atomic E-state index is 12.8. The van der Waals surface area contributed by atoms with E-state index in [-0.39, 0.29) is 18.1 Å². The van der Waals surface area contributed by atoms with Crippen molar-refractivity contribution in [2.75, 3.05) is 24.7 Å². The van der Waals surface area contributed by atoms with Gasteiger partial charge in [-0.1, -0.05) is 18.2 Å². The van der Waals surface area contributed by atoms with Crippen molar-refractivity contribution in [1.29, 1.82) is 0 Å². The standard InChI is InChI=1S/C17H22N2O3/c1-13(20)11-17(22)14-7-3-4-8-15(14)19(16(17)21)12-18-9-5-2-6-10-18/h3-4,7-8,22H,2,5-6,9-12H2,1H3/p+1/t17-/m0/s1. The summed E-state index contributed by atoms with van der Waals surface area (Å²) in [5.74, 6) is -0.542. The first-order chi connectivity index (χ1) is 10.5. The van der Waals surface area contributed by atoms with Crippen molar-refractivity contribution in [2.45, 2.75) is 38.2 Å². The smallest absolute Gasteiger partial charge is 0.268 e. The Kier molecular flexibility index (Phi) is 4.02. The van der Waals surface area contributed by atoms with Crippen molar-refractivity contribution >= 4 is 17.4 Å². The molecule has 2 heterocycles. The Morgan fingerprint density at radius 1 is 1.27 bits per heavy atom. The van der Waals surface area contributed by atoms with Gasteiger partial charge in [-0.25, -0.2) is 0 Å². The molecule has 1 amide bonds. The molecule has 0 saturated carbocycles. The van der Waals surface area contributed by atoms with Gasteiger partial charge in [0.25, 0.3) is 5.91 Å². The summed E-state index contributed by atoms with van der Waals surface area (Å²) in [7, 11) is 0. The minimum absolute atomic E-state index is 0.158. The van der Waals surface area contributed by atoms with E-state index in [0.717, 1.165) is 18.8 Å². The zero-order valence-corrected chi connectivity index (χ0v) is 13.0. The first-order valence-corrected chi connectivity index (χ1v) is 7.99. The van der Waals surface area contributed by atoms with Gasteiger partial charge in [0, 0.05) is 12.0 Å². The average molecular weight is 303 g/mol. The summed E-state index contributed by atoms with van der Waals surface area (Å²) in [6, 6.07) is 7.27. The molecule has 1 aromatic rings. The van der Waals surface area contributed by atoms with Crippen molar-refractivity contribution in [3.63, 3.8) is 0 Å². The fourth-order valence-electron chi connectivity index (χ4n) is 3.63. The highest BCUT2D eigenvalue weighted by molar-refractivity contribution is 6.08. The minimum Gasteiger partial charge on any atom is -0.375 e. The third-order valence-electron chi connectivity index (χ3n) is 4.69. The number of likely N-dealkylation sites (tertiary alicyclic amines) is 1. The van der Waals surface area contributed by atoms with Crippen LogP contribution in [-0.2, 0) is 15.2 Å². The van der Waals surface area contributed by atoms with E-state index in [2.05, 4.69) is 0 Å². The van der Waals surface area contributed by atoms with Crippen LogP contribution < -0.4 is 9.80 Å². The first kappa shape index (κ1) is 15.2. The molecule has 2 N–H and O–H groups in total. The minimum atomic E-state index is -1.70. The molecule has 3 rings (SSSR count). The van der Waals surface area contributed by atoms with Gasteiger partial charge in [0.2, 0.25) is 0 Å². The van der Waals surface area contributed by atoms with Crippen molar-refractivity contribution in [2.24, 2.45) is 0 Å². The van der Waals surface area contributed by atoms with Crippen molar-refractivity contribution in [1.82, 2.24) is 0 Å². The SMILES string of the molecule is CC(=O)C[C@@]1(O)C(=O)N(C[NH+]2CCCCC2)c2ccccc21. The number of quaternary nitrogens is 1. The number of nitrogens with zero attached hydrogens (tertiary/aromatic N) is 1. The Bertz CT molecular complexity index is 595. The lowest BCUT2D eigenvalue weighted by Crippen LogP contribution is -3.14. The lowest BCUT2D eigenvalue weighted by molar-refractivity contribution is -0.903. The molecule has 1 aromatic carbocycles. The average Bonchev–Trinajstić information content (AvgIpc) is 2.70. The van der Waals surface area contributed by atoms with Gasteiger partial charge in [-0.15, -0.1) is 0 Å². The molecule has 1 fully saturated rings. The number of carbonyl (C=O) groups is 2. The molecule has 0 bridgehead atoms. The highest BCUT2D eigenvalue weighted by Crippen LogP contribution is 2.41. The Hall–Kier alpha value is -1.72. The topological polar surface area (TPSA) is 62.0 Å². The second-order valence-corrected chi connectivity index (χ2v) is 6.46. The molecular weight excluding hydrogens is 280 g/mol. The predicted molar refractivity (Wildman–Crippen MR) is 82.5 cm³/mol. The van der Waals surface area contributed by atoms with E-state index >= 15 is 0 Å². The van der Waals surface area contributed by atoms with Gasteiger partial charge < -0.3 is 10.0 Å². The number of benzene rings is 1. The molecule has 0 radical (unpaired) electrons. The summed E-state index contributed by atoms with van der Waals surface area (Å²) in [6.45, 7) is 4.08. The molecule has 2 aliphatic rings. The number of carbonyl (C=O) groups excluding carboxylic acids is 2. The molecular formula is C17H23N2O3+. The van der Waals surface area contributed by atoms with Gasteiger partial charge in [0.05, 0.1) is 18.8 Å². The van der Waals surface area contributed by atoms with Crippen LogP contribution in [0.3, 0.4) is 0 Å². The van der Waals surface area contributed by atoms with Crippen LogP contribution in [0.25, 0.3) is 0 Å². The van der Waals surface area contributed by atoms with Crippen LogP contribution in [0.2, 0.25) is 0 Å². The van der Waals surface area contributed by atoms with E-state index in [1.54, 1.807) is 17.0 Å². The Balaban J connectivity index is 1.91. The lowest BCUT2D eigenvalue weighted by Gasteiger charge is -2.29. The number of anilines is 1. The number of fused-ring (bicyclic) bond motifs is 1. The molecule has 0 unspecified atom stereocenters. The molecule has 2 aliphatic heterocycles. The van der Waals surface area contributed by atoms with Gasteiger partial charge in [0.1, 0.15) is 5.78 Å². The number of aliphatic hydroxyl groups is 1. The normalized spacial score (nSPS) is 25.4. The number of hydrogen-bond acceptors (Lipinski definition) is 3. The predicted octanol–water partition coefficient (Wildman–Crippen LogP) is 0.226. The van der Waals surface area contributed by atoms with Crippen molar-refractivity contribution in [3.05, 3.63) is 29.8 Å². The number of nitrogens with one attached hydrogen (secondary N) is 1. The van der Waals surface area contributed by atoms with Crippen LogP contribution in [-0.4, -0.2) is 36.6 Å². The Morgan fingerprint density at radius 3 is 2.64 bits per heavy atom. The van der Waals surface area contributed by atoms with E-state index in [9.17, 15) is 14.7 Å². The largest absolute Gasteiger partial charge is 0.375 e. The van der Waals surface area contributed by atoms with Crippen LogP contribution in [0.5, 0.6) is 0 Å². The second kappa shape index (κ2) is 5.82. The summed E-state index contributed by atoms with van der Waals surface area (Å²) in [6.07, 6.45) is 3.45. The zero-order valence-electron chi connectivity index (χ0n) is 13.0. The summed E-state index contributed by atoms with van der Waals surface area (Å²) in [5, 5.41) is 10.9. The molecule has 0 spiro atoms. The number of piperidine rings is 1. The number of para-hydroxylation sites is 1. The van der Waals surface area contributed by atoms with E-state index in [1.807, 2.05) is 12.1 Å². The molecule has 0 aliphatic carbocycles. The van der Waals surface area contributed by atoms with Gasteiger partial charge in [-0.3, -0.25) is 14.5 Å². The van der Waals surface area contributed by atoms with E-state index in [4.69, 9.17) is 0 Å². The van der Waals surface area contributed by atoms with E-state index < -0.39 is 5.60 Å². The Labute approximate surface area is 130 Å². The molecule has 1 atom stereocenters. The van der Waals surface area contributed by atoms with Gasteiger partial charge >= 0.3 is 0 Å². The third kappa shape index (κ3) is 2.55. The summed E-state index contributed by atoms with van der Waals surface area (Å²) in [4.78, 5) is 27.4. The summed E-state index contributed by atoms with van der Waals surface area (Å²) in [5.41, 5.74) is -0.390. The number of ketones is 1. The maximum atomic E-state index is 12.8. The third-order valence-corrected chi connectivity index (χ3v) is 4.69. The fraction of sp³-hybridized carbons (Fsp3) is 0.529. The summed E-state index contributed by atoms with van der Waals surface area (Å²) >= 11 is 0. The second-order valence-electron chi connectivity index (χ2n) is 6.46. The number of Topliss-reactive ketones (excluding diaryl/α,β-unsaturated/α-hetero) is 1. The quantitative estimate of drug-likeness (QED) is 0.837. The van der Waals surface area contributed by atoms with Crippen molar-refractivity contribution in [3.8, 4) is 0 Å². The number of amides is 1. The van der Waals surface area contributed by atoms with E-state index in [0.29, 0.717) is 12.2 Å². The fourth-order valence-corrected chi connectivity index (χ4v) is 3.63.